The summed E-state index contributed by atoms with van der Waals surface area (Å²) in [6, 6.07) is 6.79. The average molecular weight is 309 g/mol. The van der Waals surface area contributed by atoms with E-state index in [2.05, 4.69) is 12.2 Å². The van der Waals surface area contributed by atoms with Crippen LogP contribution in [0.4, 0.5) is 5.69 Å². The number of unbranched alkanes of at least 4 members (excludes halogenated alkanes) is 6. The number of ether oxygens (including phenoxy) is 1. The van der Waals surface area contributed by atoms with Crippen LogP contribution in [0.3, 0.4) is 0 Å². The van der Waals surface area contributed by atoms with Crippen molar-refractivity contribution in [2.45, 2.75) is 58.0 Å². The lowest BCUT2D eigenvalue weighted by atomic mass is 10.1. The van der Waals surface area contributed by atoms with Crippen molar-refractivity contribution in [1.82, 2.24) is 0 Å². The zero-order chi connectivity index (χ0) is 16.0. The van der Waals surface area contributed by atoms with Gasteiger partial charge >= 0.3 is 0 Å². The van der Waals surface area contributed by atoms with Crippen molar-refractivity contribution in [3.05, 3.63) is 24.3 Å². The minimum atomic E-state index is -0.515. The summed E-state index contributed by atoms with van der Waals surface area (Å²) in [6.07, 6.45) is 8.37. The molecule has 0 bridgehead atoms. The minimum absolute atomic E-state index is 0.240. The summed E-state index contributed by atoms with van der Waals surface area (Å²) in [7, 11) is 0. The maximum Gasteiger partial charge on any atom is 0.115 e. The first-order chi connectivity index (χ1) is 10.7. The molecule has 0 spiro atoms. The zero-order valence-corrected chi connectivity index (χ0v) is 13.8. The molecule has 22 heavy (non-hydrogen) atoms. The summed E-state index contributed by atoms with van der Waals surface area (Å²) < 4.78 is 5.50. The van der Waals surface area contributed by atoms with Crippen LogP contribution < -0.4 is 5.32 Å². The fraction of sp³-hybridized carbons (Fsp3) is 0.667. The van der Waals surface area contributed by atoms with E-state index in [4.69, 9.17) is 4.74 Å². The Kier molecular flexibility index (Phi) is 10.5. The Hall–Kier alpha value is -1.26. The number of phenolic OH excluding ortho intramolecular Hbond substituents is 1. The third-order valence-electron chi connectivity index (χ3n) is 3.61. The minimum Gasteiger partial charge on any atom is -0.508 e. The van der Waals surface area contributed by atoms with Crippen molar-refractivity contribution < 1.29 is 14.9 Å². The SMILES string of the molecule is CCCCCCCCCOCC(O)CNc1ccc(O)cc1. The lowest BCUT2D eigenvalue weighted by Gasteiger charge is -2.13. The Morgan fingerprint density at radius 3 is 2.32 bits per heavy atom. The first-order valence-corrected chi connectivity index (χ1v) is 8.51. The number of hydrogen-bond donors (Lipinski definition) is 3. The molecule has 1 unspecified atom stereocenters. The summed E-state index contributed by atoms with van der Waals surface area (Å²) in [5.74, 6) is 0.240. The summed E-state index contributed by atoms with van der Waals surface area (Å²) in [6.45, 7) is 3.77. The molecule has 1 rings (SSSR count). The quantitative estimate of drug-likeness (QED) is 0.381. The van der Waals surface area contributed by atoms with Crippen LogP contribution in [0.2, 0.25) is 0 Å². The monoisotopic (exact) mass is 309 g/mol. The number of nitrogens with one attached hydrogen (secondary N) is 1. The van der Waals surface area contributed by atoms with E-state index in [0.29, 0.717) is 13.2 Å². The molecule has 126 valence electrons. The van der Waals surface area contributed by atoms with E-state index in [1.807, 2.05) is 0 Å². The fourth-order valence-corrected chi connectivity index (χ4v) is 2.25. The van der Waals surface area contributed by atoms with Crippen LogP contribution >= 0.6 is 0 Å². The van der Waals surface area contributed by atoms with Gasteiger partial charge in [0.2, 0.25) is 0 Å². The molecule has 0 aromatic heterocycles. The van der Waals surface area contributed by atoms with E-state index in [1.165, 1.54) is 38.5 Å². The average Bonchev–Trinajstić information content (AvgIpc) is 2.53. The van der Waals surface area contributed by atoms with Crippen LogP contribution in [0.5, 0.6) is 5.75 Å². The van der Waals surface area contributed by atoms with Gasteiger partial charge in [0.25, 0.3) is 0 Å². The van der Waals surface area contributed by atoms with Gasteiger partial charge in [0, 0.05) is 18.8 Å². The van der Waals surface area contributed by atoms with E-state index >= 15 is 0 Å². The molecular formula is C18H31NO3. The van der Waals surface area contributed by atoms with Gasteiger partial charge in [-0.3, -0.25) is 0 Å². The smallest absolute Gasteiger partial charge is 0.115 e. The number of phenols is 1. The molecule has 0 saturated heterocycles. The number of aromatic hydroxyl groups is 1. The molecule has 0 amide bonds. The van der Waals surface area contributed by atoms with Crippen molar-refractivity contribution >= 4 is 5.69 Å². The summed E-state index contributed by atoms with van der Waals surface area (Å²) >= 11 is 0. The van der Waals surface area contributed by atoms with Gasteiger partial charge in [-0.2, -0.15) is 0 Å². The number of aliphatic hydroxyl groups is 1. The van der Waals surface area contributed by atoms with Gasteiger partial charge in [0.05, 0.1) is 12.7 Å². The van der Waals surface area contributed by atoms with Crippen LogP contribution in [0, 0.1) is 0 Å². The number of benzene rings is 1. The molecular weight excluding hydrogens is 278 g/mol. The molecule has 0 saturated carbocycles. The summed E-state index contributed by atoms with van der Waals surface area (Å²) in [5.41, 5.74) is 0.879. The first kappa shape index (κ1) is 18.8. The number of rotatable bonds is 13. The predicted octanol–water partition coefficient (Wildman–Crippen LogP) is 3.93. The van der Waals surface area contributed by atoms with E-state index in [0.717, 1.165) is 18.7 Å². The maximum atomic E-state index is 9.83. The van der Waals surface area contributed by atoms with Crippen molar-refractivity contribution in [1.29, 1.82) is 0 Å². The zero-order valence-electron chi connectivity index (χ0n) is 13.8. The van der Waals surface area contributed by atoms with Crippen molar-refractivity contribution in [2.75, 3.05) is 25.1 Å². The van der Waals surface area contributed by atoms with Crippen LogP contribution in [-0.4, -0.2) is 36.1 Å². The highest BCUT2D eigenvalue weighted by molar-refractivity contribution is 5.45. The Balaban J connectivity index is 1.93. The normalized spacial score (nSPS) is 12.3. The first-order valence-electron chi connectivity index (χ1n) is 8.51. The highest BCUT2D eigenvalue weighted by Gasteiger charge is 2.04. The van der Waals surface area contributed by atoms with Gasteiger partial charge in [-0.15, -0.1) is 0 Å². The van der Waals surface area contributed by atoms with Crippen LogP contribution in [0.25, 0.3) is 0 Å². The molecule has 4 nitrogen and oxygen atoms in total. The Bertz CT molecular complexity index is 367. The van der Waals surface area contributed by atoms with Gasteiger partial charge in [0.15, 0.2) is 0 Å². The van der Waals surface area contributed by atoms with Gasteiger partial charge in [-0.05, 0) is 30.7 Å². The second-order valence-electron chi connectivity index (χ2n) is 5.78. The Labute approximate surface area is 134 Å². The Morgan fingerprint density at radius 1 is 1.00 bits per heavy atom. The second-order valence-corrected chi connectivity index (χ2v) is 5.78. The molecule has 0 aliphatic rings. The van der Waals surface area contributed by atoms with E-state index in [9.17, 15) is 10.2 Å². The maximum absolute atomic E-state index is 9.83. The molecule has 0 aliphatic carbocycles. The van der Waals surface area contributed by atoms with Crippen molar-refractivity contribution in [3.8, 4) is 5.75 Å². The highest BCUT2D eigenvalue weighted by Crippen LogP contribution is 2.13. The predicted molar refractivity (Wildman–Crippen MR) is 91.4 cm³/mol. The van der Waals surface area contributed by atoms with Gasteiger partial charge in [-0.25, -0.2) is 0 Å². The lowest BCUT2D eigenvalue weighted by molar-refractivity contribution is 0.0416. The van der Waals surface area contributed by atoms with Gasteiger partial charge in [0.1, 0.15) is 5.75 Å². The largest absolute Gasteiger partial charge is 0.508 e. The molecule has 0 fully saturated rings. The molecule has 1 aromatic rings. The fourth-order valence-electron chi connectivity index (χ4n) is 2.25. The second kappa shape index (κ2) is 12.3. The van der Waals surface area contributed by atoms with Gasteiger partial charge in [-0.1, -0.05) is 45.4 Å². The van der Waals surface area contributed by atoms with E-state index < -0.39 is 6.10 Å². The molecule has 3 N–H and O–H groups in total. The van der Waals surface area contributed by atoms with Crippen LogP contribution in [0.1, 0.15) is 51.9 Å². The topological polar surface area (TPSA) is 61.7 Å². The third-order valence-corrected chi connectivity index (χ3v) is 3.61. The molecule has 0 aliphatic heterocycles. The van der Waals surface area contributed by atoms with Crippen LogP contribution in [-0.2, 0) is 4.74 Å². The van der Waals surface area contributed by atoms with Gasteiger partial charge < -0.3 is 20.3 Å². The van der Waals surface area contributed by atoms with Crippen molar-refractivity contribution in [3.63, 3.8) is 0 Å². The standard InChI is InChI=1S/C18H31NO3/c1-2-3-4-5-6-7-8-13-22-15-18(21)14-19-16-9-11-17(20)12-10-16/h9-12,18-21H,2-8,13-15H2,1H3. The Morgan fingerprint density at radius 2 is 1.64 bits per heavy atom. The molecule has 0 heterocycles. The third kappa shape index (κ3) is 9.64. The molecule has 1 atom stereocenters. The summed E-state index contributed by atoms with van der Waals surface area (Å²) in [4.78, 5) is 0. The van der Waals surface area contributed by atoms with E-state index in [-0.39, 0.29) is 5.75 Å². The number of aliphatic hydroxyl groups excluding tert-OH is 1. The number of anilines is 1. The summed E-state index contributed by atoms with van der Waals surface area (Å²) in [5, 5.41) is 22.1. The number of hydrogen-bond acceptors (Lipinski definition) is 4. The van der Waals surface area contributed by atoms with Crippen molar-refractivity contribution in [2.24, 2.45) is 0 Å². The molecule has 1 aromatic carbocycles. The lowest BCUT2D eigenvalue weighted by Crippen LogP contribution is -2.25. The van der Waals surface area contributed by atoms with E-state index in [1.54, 1.807) is 24.3 Å². The molecule has 0 radical (unpaired) electrons. The molecule has 4 heteroatoms. The highest BCUT2D eigenvalue weighted by atomic mass is 16.5. The van der Waals surface area contributed by atoms with Crippen LogP contribution in [0.15, 0.2) is 24.3 Å².